The highest BCUT2D eigenvalue weighted by molar-refractivity contribution is 7.99. The zero-order valence-corrected chi connectivity index (χ0v) is 20.2. The summed E-state index contributed by atoms with van der Waals surface area (Å²) in [6, 6.07) is 19.9. The van der Waals surface area contributed by atoms with Crippen molar-refractivity contribution in [2.24, 2.45) is 0 Å². The number of benzene rings is 2. The fourth-order valence-corrected chi connectivity index (χ4v) is 5.48. The largest absolute Gasteiger partial charge is 0.325 e. The molecule has 0 saturated heterocycles. The van der Waals surface area contributed by atoms with Crippen LogP contribution in [-0.2, 0) is 22.6 Å². The van der Waals surface area contributed by atoms with Crippen LogP contribution in [0.5, 0.6) is 0 Å². The Morgan fingerprint density at radius 3 is 2.71 bits per heavy atom. The summed E-state index contributed by atoms with van der Waals surface area (Å²) in [5, 5.41) is 14.5. The second-order valence-electron chi connectivity index (χ2n) is 7.96. The number of rotatable bonds is 7. The highest BCUT2D eigenvalue weighted by atomic mass is 32.2. The molecule has 2 amide bonds. The third kappa shape index (κ3) is 4.76. The summed E-state index contributed by atoms with van der Waals surface area (Å²) in [4.78, 5) is 27.3. The molecule has 1 aliphatic rings. The molecule has 0 unspecified atom stereocenters. The average Bonchev–Trinajstić information content (AvgIpc) is 3.58. The van der Waals surface area contributed by atoms with E-state index in [1.165, 1.54) is 11.8 Å². The predicted octanol–water partition coefficient (Wildman–Crippen LogP) is 4.69. The Bertz CT molecular complexity index is 1320. The molecule has 34 heavy (non-hydrogen) atoms. The summed E-state index contributed by atoms with van der Waals surface area (Å²) in [6.45, 7) is 2.88. The minimum atomic E-state index is -0.113. The standard InChI is InChI=1S/C25H23N5O2S2/c1-17(31)29-12-11-19-14-20(9-10-21(19)29)26-23(32)16-34-25-28-27-24(22-8-5-13-33-22)30(25)15-18-6-3-2-4-7-18/h2-10,13-14H,11-12,15-16H2,1H3,(H,26,32). The molecule has 3 heterocycles. The maximum atomic E-state index is 12.7. The van der Waals surface area contributed by atoms with E-state index in [9.17, 15) is 9.59 Å². The van der Waals surface area contributed by atoms with Gasteiger partial charge in [-0.1, -0.05) is 48.2 Å². The molecule has 2 aromatic carbocycles. The van der Waals surface area contributed by atoms with Crippen LogP contribution in [-0.4, -0.2) is 38.9 Å². The maximum Gasteiger partial charge on any atom is 0.234 e. The molecular formula is C25H23N5O2S2. The lowest BCUT2D eigenvalue weighted by molar-refractivity contribution is -0.116. The monoisotopic (exact) mass is 489 g/mol. The quantitative estimate of drug-likeness (QED) is 0.381. The lowest BCUT2D eigenvalue weighted by atomic mass is 10.1. The summed E-state index contributed by atoms with van der Waals surface area (Å²) in [5.41, 5.74) is 3.88. The number of carbonyl (C=O) groups is 2. The topological polar surface area (TPSA) is 80.1 Å². The van der Waals surface area contributed by atoms with Crippen LogP contribution in [0.3, 0.4) is 0 Å². The van der Waals surface area contributed by atoms with Gasteiger partial charge in [-0.2, -0.15) is 0 Å². The predicted molar refractivity (Wildman–Crippen MR) is 136 cm³/mol. The van der Waals surface area contributed by atoms with E-state index < -0.39 is 0 Å². The molecule has 9 heteroatoms. The van der Waals surface area contributed by atoms with E-state index >= 15 is 0 Å². The van der Waals surface area contributed by atoms with Gasteiger partial charge < -0.3 is 10.2 Å². The zero-order chi connectivity index (χ0) is 23.5. The first kappa shape index (κ1) is 22.4. The van der Waals surface area contributed by atoms with E-state index in [0.717, 1.165) is 39.6 Å². The number of hydrogen-bond donors (Lipinski definition) is 1. The Morgan fingerprint density at radius 1 is 1.09 bits per heavy atom. The van der Waals surface area contributed by atoms with Gasteiger partial charge in [0.15, 0.2) is 11.0 Å². The van der Waals surface area contributed by atoms with Gasteiger partial charge in [0, 0.05) is 24.8 Å². The van der Waals surface area contributed by atoms with Gasteiger partial charge >= 0.3 is 0 Å². The SMILES string of the molecule is CC(=O)N1CCc2cc(NC(=O)CSc3nnc(-c4cccs4)n3Cc3ccccc3)ccc21. The van der Waals surface area contributed by atoms with Gasteiger partial charge in [-0.05, 0) is 47.2 Å². The van der Waals surface area contributed by atoms with Crippen molar-refractivity contribution in [3.05, 3.63) is 77.2 Å². The summed E-state index contributed by atoms with van der Waals surface area (Å²) < 4.78 is 2.06. The second kappa shape index (κ2) is 9.82. The lowest BCUT2D eigenvalue weighted by Crippen LogP contribution is -2.25. The minimum absolute atomic E-state index is 0.0356. The molecule has 0 atom stereocenters. The number of anilines is 2. The van der Waals surface area contributed by atoms with Crippen molar-refractivity contribution >= 4 is 46.3 Å². The molecule has 0 radical (unpaired) electrons. The van der Waals surface area contributed by atoms with Gasteiger partial charge in [0.05, 0.1) is 17.2 Å². The molecular weight excluding hydrogens is 466 g/mol. The van der Waals surface area contributed by atoms with Gasteiger partial charge in [-0.25, -0.2) is 0 Å². The van der Waals surface area contributed by atoms with Gasteiger partial charge in [0.2, 0.25) is 11.8 Å². The molecule has 0 fully saturated rings. The zero-order valence-electron chi connectivity index (χ0n) is 18.6. The number of hydrogen-bond acceptors (Lipinski definition) is 6. The van der Waals surface area contributed by atoms with Crippen molar-refractivity contribution in [2.75, 3.05) is 22.5 Å². The fraction of sp³-hybridized carbons (Fsp3) is 0.200. The van der Waals surface area contributed by atoms with E-state index in [1.54, 1.807) is 23.2 Å². The van der Waals surface area contributed by atoms with E-state index in [4.69, 9.17) is 0 Å². The molecule has 172 valence electrons. The Morgan fingerprint density at radius 2 is 1.94 bits per heavy atom. The van der Waals surface area contributed by atoms with Gasteiger partial charge in [-0.15, -0.1) is 21.5 Å². The molecule has 7 nitrogen and oxygen atoms in total. The van der Waals surface area contributed by atoms with Gasteiger partial charge in [0.25, 0.3) is 0 Å². The molecule has 0 bridgehead atoms. The van der Waals surface area contributed by atoms with E-state index in [2.05, 4.69) is 32.2 Å². The first-order chi connectivity index (χ1) is 16.6. The Labute approximate surface area is 205 Å². The molecule has 2 aromatic heterocycles. The number of thiophene rings is 1. The van der Waals surface area contributed by atoms with E-state index in [1.807, 2.05) is 53.9 Å². The van der Waals surface area contributed by atoms with Crippen LogP contribution in [0.15, 0.2) is 71.2 Å². The number of fused-ring (bicyclic) bond motifs is 1. The van der Waals surface area contributed by atoms with Gasteiger partial charge in [0.1, 0.15) is 0 Å². The Kier molecular flexibility index (Phi) is 6.46. The number of nitrogens with one attached hydrogen (secondary N) is 1. The lowest BCUT2D eigenvalue weighted by Gasteiger charge is -2.15. The Hall–Kier alpha value is -3.43. The van der Waals surface area contributed by atoms with E-state index in [0.29, 0.717) is 18.2 Å². The number of carbonyl (C=O) groups excluding carboxylic acids is 2. The summed E-state index contributed by atoms with van der Waals surface area (Å²) in [5.74, 6) is 0.941. The normalized spacial score (nSPS) is 12.6. The molecule has 4 aromatic rings. The second-order valence-corrected chi connectivity index (χ2v) is 9.85. The number of thioether (sulfide) groups is 1. The maximum absolute atomic E-state index is 12.7. The van der Waals surface area contributed by atoms with Crippen LogP contribution in [0.25, 0.3) is 10.7 Å². The van der Waals surface area contributed by atoms with Crippen LogP contribution < -0.4 is 10.2 Å². The molecule has 0 saturated carbocycles. The van der Waals surface area contributed by atoms with Crippen LogP contribution in [0, 0.1) is 0 Å². The van der Waals surface area contributed by atoms with Crippen molar-refractivity contribution in [1.29, 1.82) is 0 Å². The van der Waals surface area contributed by atoms with E-state index in [-0.39, 0.29) is 17.6 Å². The molecule has 0 spiro atoms. The van der Waals surface area contributed by atoms with Gasteiger partial charge in [-0.3, -0.25) is 14.2 Å². The molecule has 1 aliphatic heterocycles. The summed E-state index contributed by atoms with van der Waals surface area (Å²) >= 11 is 2.99. The highest BCUT2D eigenvalue weighted by Gasteiger charge is 2.22. The van der Waals surface area contributed by atoms with Crippen LogP contribution in [0.2, 0.25) is 0 Å². The first-order valence-corrected chi connectivity index (χ1v) is 12.8. The average molecular weight is 490 g/mol. The molecule has 5 rings (SSSR count). The minimum Gasteiger partial charge on any atom is -0.325 e. The molecule has 0 aliphatic carbocycles. The smallest absolute Gasteiger partial charge is 0.234 e. The first-order valence-electron chi connectivity index (χ1n) is 10.9. The highest BCUT2D eigenvalue weighted by Crippen LogP contribution is 2.31. The summed E-state index contributed by atoms with van der Waals surface area (Å²) in [6.07, 6.45) is 0.793. The third-order valence-electron chi connectivity index (χ3n) is 5.61. The van der Waals surface area contributed by atoms with Crippen LogP contribution in [0.1, 0.15) is 18.1 Å². The fourth-order valence-electron chi connectivity index (χ4n) is 4.03. The van der Waals surface area contributed by atoms with Crippen LogP contribution >= 0.6 is 23.1 Å². The van der Waals surface area contributed by atoms with Crippen molar-refractivity contribution in [3.63, 3.8) is 0 Å². The van der Waals surface area contributed by atoms with Crippen LogP contribution in [0.4, 0.5) is 11.4 Å². The van der Waals surface area contributed by atoms with Crippen molar-refractivity contribution in [1.82, 2.24) is 14.8 Å². The molecule has 1 N–H and O–H groups in total. The van der Waals surface area contributed by atoms with Crippen molar-refractivity contribution < 1.29 is 9.59 Å². The van der Waals surface area contributed by atoms with Crippen molar-refractivity contribution in [3.8, 4) is 10.7 Å². The third-order valence-corrected chi connectivity index (χ3v) is 7.45. The summed E-state index contributed by atoms with van der Waals surface area (Å²) in [7, 11) is 0. The number of nitrogens with zero attached hydrogens (tertiary/aromatic N) is 4. The van der Waals surface area contributed by atoms with Crippen molar-refractivity contribution in [2.45, 2.75) is 25.0 Å². The number of aromatic nitrogens is 3. The Balaban J connectivity index is 1.29. The number of amides is 2.